The van der Waals surface area contributed by atoms with Crippen LogP contribution < -0.4 is 10.8 Å². The van der Waals surface area contributed by atoms with E-state index in [9.17, 15) is 44.8 Å². The van der Waals surface area contributed by atoms with Crippen LogP contribution in [0.15, 0.2) is 0 Å². The van der Waals surface area contributed by atoms with Crippen molar-refractivity contribution in [3.63, 3.8) is 0 Å². The van der Waals surface area contributed by atoms with Crippen molar-refractivity contribution in [1.82, 2.24) is 10.8 Å². The molecule has 6 atom stereocenters. The molecule has 3 aliphatic carbocycles. The van der Waals surface area contributed by atoms with Gasteiger partial charge in [0.05, 0.1) is 12.5 Å². The molecule has 0 heterocycles. The van der Waals surface area contributed by atoms with E-state index in [0.717, 1.165) is 25.7 Å². The van der Waals surface area contributed by atoms with Gasteiger partial charge in [0.25, 0.3) is 0 Å². The molecule has 6 unspecified atom stereocenters. The number of nitrogens with zero attached hydrogens (tertiary/aromatic N) is 2. The average Bonchev–Trinajstić information content (AvgIpc) is 2.89. The summed E-state index contributed by atoms with van der Waals surface area (Å²) in [6.45, 7) is 1.06. The Hall–Kier alpha value is -2.87. The molecule has 0 aliphatic heterocycles. The molecule has 3 saturated carbocycles. The molecule has 0 radical (unpaired) electrons. The number of carboxylic acid groups (broad SMARTS) is 2. The van der Waals surface area contributed by atoms with Crippen LogP contribution >= 0.6 is 0 Å². The number of hydrogen-bond donors (Lipinski definition) is 4. The van der Waals surface area contributed by atoms with E-state index in [2.05, 4.69) is 10.8 Å². The van der Waals surface area contributed by atoms with E-state index in [0.29, 0.717) is 44.7 Å². The maximum atomic E-state index is 12.7. The van der Waals surface area contributed by atoms with Gasteiger partial charge in [-0.25, -0.2) is 5.48 Å². The molecule has 214 valence electrons. The SMILES string of the molecule is O=C(NCC1CCC(CNOCC2CCCC([N+](=O)[O-])C2C(=O)O)CC1)C1CCCC([N+](=O)[O-])C1C(=O)O. The quantitative estimate of drug-likeness (QED) is 0.158. The molecule has 0 bridgehead atoms. The second kappa shape index (κ2) is 13.8. The van der Waals surface area contributed by atoms with E-state index in [1.54, 1.807) is 0 Å². The molecule has 0 aromatic carbocycles. The summed E-state index contributed by atoms with van der Waals surface area (Å²) >= 11 is 0. The van der Waals surface area contributed by atoms with Crippen LogP contribution in [-0.2, 0) is 19.2 Å². The first-order valence-electron chi connectivity index (χ1n) is 13.4. The fraction of sp³-hybridized carbons (Fsp3) is 0.875. The Morgan fingerprint density at radius 3 is 1.84 bits per heavy atom. The van der Waals surface area contributed by atoms with Gasteiger partial charge in [-0.2, -0.15) is 0 Å². The maximum Gasteiger partial charge on any atom is 0.314 e. The van der Waals surface area contributed by atoms with Gasteiger partial charge < -0.3 is 20.4 Å². The minimum atomic E-state index is -1.31. The summed E-state index contributed by atoms with van der Waals surface area (Å²) in [6.07, 6.45) is 5.83. The Balaban J connectivity index is 1.36. The van der Waals surface area contributed by atoms with Gasteiger partial charge in [0.1, 0.15) is 11.8 Å². The van der Waals surface area contributed by atoms with E-state index >= 15 is 0 Å². The largest absolute Gasteiger partial charge is 0.481 e. The zero-order valence-corrected chi connectivity index (χ0v) is 21.4. The number of carbonyl (C=O) groups excluding carboxylic acids is 1. The van der Waals surface area contributed by atoms with Crippen LogP contribution in [0.3, 0.4) is 0 Å². The van der Waals surface area contributed by atoms with Gasteiger partial charge >= 0.3 is 11.9 Å². The summed E-state index contributed by atoms with van der Waals surface area (Å²) in [4.78, 5) is 62.9. The zero-order valence-electron chi connectivity index (χ0n) is 21.4. The predicted octanol–water partition coefficient (Wildman–Crippen LogP) is 1.72. The lowest BCUT2D eigenvalue weighted by molar-refractivity contribution is -0.535. The molecule has 14 nitrogen and oxygen atoms in total. The lowest BCUT2D eigenvalue weighted by Crippen LogP contribution is -2.49. The summed E-state index contributed by atoms with van der Waals surface area (Å²) < 4.78 is 0. The van der Waals surface area contributed by atoms with E-state index in [1.165, 1.54) is 0 Å². The first-order valence-corrected chi connectivity index (χ1v) is 13.4. The number of aliphatic carboxylic acids is 2. The number of nitro groups is 2. The van der Waals surface area contributed by atoms with E-state index in [1.807, 2.05) is 0 Å². The van der Waals surface area contributed by atoms with E-state index < -0.39 is 63.4 Å². The average molecular weight is 543 g/mol. The van der Waals surface area contributed by atoms with Gasteiger partial charge in [0, 0.05) is 41.7 Å². The molecule has 3 fully saturated rings. The van der Waals surface area contributed by atoms with Crippen molar-refractivity contribution >= 4 is 17.8 Å². The fourth-order valence-corrected chi connectivity index (χ4v) is 6.45. The summed E-state index contributed by atoms with van der Waals surface area (Å²) in [5.74, 6) is -6.04. The van der Waals surface area contributed by atoms with Crippen LogP contribution in [0, 0.1) is 55.7 Å². The predicted molar refractivity (Wildman–Crippen MR) is 131 cm³/mol. The van der Waals surface area contributed by atoms with Crippen molar-refractivity contribution in [2.45, 2.75) is 76.3 Å². The van der Waals surface area contributed by atoms with Crippen molar-refractivity contribution < 1.29 is 39.3 Å². The normalized spacial score (nSPS) is 33.7. The molecular formula is C24H38N4O10. The van der Waals surface area contributed by atoms with Gasteiger partial charge in [-0.15, -0.1) is 0 Å². The third-order valence-corrected chi connectivity index (χ3v) is 8.61. The number of carbonyl (C=O) groups is 3. The number of nitrogens with one attached hydrogen (secondary N) is 2. The van der Waals surface area contributed by atoms with Crippen molar-refractivity contribution in [1.29, 1.82) is 0 Å². The van der Waals surface area contributed by atoms with Crippen molar-refractivity contribution in [3.8, 4) is 0 Å². The highest BCUT2D eigenvalue weighted by molar-refractivity contribution is 5.85. The molecule has 0 aromatic rings. The van der Waals surface area contributed by atoms with Crippen LogP contribution in [0.1, 0.15) is 64.2 Å². The smallest absolute Gasteiger partial charge is 0.314 e. The Morgan fingerprint density at radius 1 is 0.763 bits per heavy atom. The van der Waals surface area contributed by atoms with Gasteiger partial charge in [-0.1, -0.05) is 0 Å². The molecule has 14 heteroatoms. The number of rotatable bonds is 12. The molecule has 1 amide bonds. The Kier molecular flexibility index (Phi) is 10.8. The van der Waals surface area contributed by atoms with Crippen LogP contribution in [0.5, 0.6) is 0 Å². The van der Waals surface area contributed by atoms with Crippen LogP contribution in [0.25, 0.3) is 0 Å². The van der Waals surface area contributed by atoms with Crippen LogP contribution in [0.4, 0.5) is 0 Å². The molecule has 4 N–H and O–H groups in total. The Morgan fingerprint density at radius 2 is 1.29 bits per heavy atom. The molecule has 38 heavy (non-hydrogen) atoms. The number of hydroxylamine groups is 1. The second-order valence-electron chi connectivity index (χ2n) is 11.0. The van der Waals surface area contributed by atoms with Gasteiger partial charge in [-0.05, 0) is 63.2 Å². The zero-order chi connectivity index (χ0) is 27.8. The summed E-state index contributed by atoms with van der Waals surface area (Å²) in [5, 5.41) is 44.3. The summed E-state index contributed by atoms with van der Waals surface area (Å²) in [7, 11) is 0. The maximum absolute atomic E-state index is 12.7. The van der Waals surface area contributed by atoms with Crippen molar-refractivity contribution in [3.05, 3.63) is 20.2 Å². The summed E-state index contributed by atoms with van der Waals surface area (Å²) in [5.41, 5.74) is 2.90. The molecule has 0 spiro atoms. The minimum absolute atomic E-state index is 0.0957. The van der Waals surface area contributed by atoms with Crippen molar-refractivity contribution in [2.24, 2.45) is 35.5 Å². The first kappa shape index (κ1) is 29.7. The highest BCUT2D eigenvalue weighted by Crippen LogP contribution is 2.34. The number of carboxylic acids is 2. The number of amides is 1. The lowest BCUT2D eigenvalue weighted by Gasteiger charge is -2.32. The lowest BCUT2D eigenvalue weighted by atomic mass is 9.75. The first-order chi connectivity index (χ1) is 18.1. The van der Waals surface area contributed by atoms with Gasteiger partial charge in [-0.3, -0.25) is 34.6 Å². The Labute approximate surface area is 220 Å². The minimum Gasteiger partial charge on any atom is -0.481 e. The highest BCUT2D eigenvalue weighted by Gasteiger charge is 2.48. The standard InChI is InChI=1S/C24H38N4O10/c29-22(17-4-2-6-19(28(36)37)21(17)24(32)33)25-11-14-7-9-15(10-8-14)12-26-38-13-16-3-1-5-18(27(34)35)20(16)23(30)31/h14-21,26H,1-13H2,(H,25,29)(H,30,31)(H,32,33). The monoisotopic (exact) mass is 542 g/mol. The van der Waals surface area contributed by atoms with Crippen molar-refractivity contribution in [2.75, 3.05) is 19.7 Å². The summed E-state index contributed by atoms with van der Waals surface area (Å²) in [6, 6.07) is -2.34. The fourth-order valence-electron chi connectivity index (χ4n) is 6.45. The molecule has 3 aliphatic rings. The van der Waals surface area contributed by atoms with Crippen LogP contribution in [0.2, 0.25) is 0 Å². The third kappa shape index (κ3) is 7.59. The van der Waals surface area contributed by atoms with E-state index in [4.69, 9.17) is 4.84 Å². The second-order valence-corrected chi connectivity index (χ2v) is 11.0. The topological polar surface area (TPSA) is 211 Å². The van der Waals surface area contributed by atoms with E-state index in [-0.39, 0.29) is 25.4 Å². The number of hydrogen-bond acceptors (Lipinski definition) is 9. The molecule has 0 saturated heterocycles. The third-order valence-electron chi connectivity index (χ3n) is 8.61. The molecule has 3 rings (SSSR count). The molecule has 0 aromatic heterocycles. The molecular weight excluding hydrogens is 504 g/mol. The highest BCUT2D eigenvalue weighted by atomic mass is 16.6. The van der Waals surface area contributed by atoms with Gasteiger partial charge in [0.15, 0.2) is 0 Å². The Bertz CT molecular complexity index is 878. The van der Waals surface area contributed by atoms with Gasteiger partial charge in [0.2, 0.25) is 18.0 Å². The van der Waals surface area contributed by atoms with Crippen LogP contribution in [-0.4, -0.2) is 69.7 Å².